The van der Waals surface area contributed by atoms with Gasteiger partial charge in [-0.15, -0.1) is 0 Å². The van der Waals surface area contributed by atoms with Gasteiger partial charge in [0, 0.05) is 17.5 Å². The number of benzene rings is 1. The molecule has 0 aliphatic heterocycles. The maximum Gasteiger partial charge on any atom is 0.0737 e. The average Bonchev–Trinajstić information content (AvgIpc) is 2.63. The van der Waals surface area contributed by atoms with Crippen molar-refractivity contribution in [3.05, 3.63) is 42.1 Å². The first-order chi connectivity index (χ1) is 8.86. The van der Waals surface area contributed by atoms with Crippen LogP contribution in [0.15, 0.2) is 36.5 Å². The Hall–Kier alpha value is -1.41. The number of aliphatic hydroxyl groups is 1. The average molecular weight is 241 g/mol. The summed E-state index contributed by atoms with van der Waals surface area (Å²) in [6, 6.07) is 10.4. The second-order valence-electron chi connectivity index (χ2n) is 5.23. The van der Waals surface area contributed by atoms with Gasteiger partial charge in [0.05, 0.1) is 11.6 Å². The van der Waals surface area contributed by atoms with Crippen molar-refractivity contribution < 1.29 is 5.11 Å². The molecule has 0 radical (unpaired) electrons. The predicted octanol–water partition coefficient (Wildman–Crippen LogP) is 3.64. The predicted molar refractivity (Wildman–Crippen MR) is 73.6 cm³/mol. The molecular weight excluding hydrogens is 222 g/mol. The van der Waals surface area contributed by atoms with E-state index in [9.17, 15) is 5.11 Å². The molecule has 1 heterocycles. The zero-order chi connectivity index (χ0) is 12.4. The van der Waals surface area contributed by atoms with Gasteiger partial charge in [-0.2, -0.15) is 0 Å². The number of hydrogen-bond donors (Lipinski definition) is 1. The molecule has 2 heteroatoms. The zero-order valence-corrected chi connectivity index (χ0v) is 10.5. The highest BCUT2D eigenvalue weighted by Crippen LogP contribution is 2.34. The SMILES string of the molecule is OC1CCCCCC1c1cccc2cccnc12. The lowest BCUT2D eigenvalue weighted by molar-refractivity contribution is 0.136. The Balaban J connectivity index is 2.07. The van der Waals surface area contributed by atoms with Gasteiger partial charge in [-0.25, -0.2) is 0 Å². The number of rotatable bonds is 1. The van der Waals surface area contributed by atoms with Crippen molar-refractivity contribution in [3.63, 3.8) is 0 Å². The van der Waals surface area contributed by atoms with E-state index in [2.05, 4.69) is 29.2 Å². The quantitative estimate of drug-likeness (QED) is 0.773. The molecule has 3 rings (SSSR count). The summed E-state index contributed by atoms with van der Waals surface area (Å²) in [6.45, 7) is 0. The highest BCUT2D eigenvalue weighted by atomic mass is 16.3. The van der Waals surface area contributed by atoms with Crippen LogP contribution in [0.5, 0.6) is 0 Å². The van der Waals surface area contributed by atoms with E-state index in [1.807, 2.05) is 12.3 Å². The molecule has 1 saturated carbocycles. The number of aliphatic hydroxyl groups excluding tert-OH is 1. The van der Waals surface area contributed by atoms with Gasteiger partial charge in [0.15, 0.2) is 0 Å². The minimum Gasteiger partial charge on any atom is -0.392 e. The lowest BCUT2D eigenvalue weighted by Gasteiger charge is -2.21. The minimum absolute atomic E-state index is 0.208. The lowest BCUT2D eigenvalue weighted by atomic mass is 9.88. The molecule has 0 saturated heterocycles. The minimum atomic E-state index is -0.208. The van der Waals surface area contributed by atoms with Crippen LogP contribution in [0, 0.1) is 0 Å². The Kier molecular flexibility index (Phi) is 3.28. The molecule has 0 spiro atoms. The molecule has 2 atom stereocenters. The van der Waals surface area contributed by atoms with E-state index in [4.69, 9.17) is 0 Å². The molecule has 2 aromatic rings. The summed E-state index contributed by atoms with van der Waals surface area (Å²) in [4.78, 5) is 4.51. The lowest BCUT2D eigenvalue weighted by Crippen LogP contribution is -2.17. The summed E-state index contributed by atoms with van der Waals surface area (Å²) in [5.74, 6) is 0.256. The third kappa shape index (κ3) is 2.13. The van der Waals surface area contributed by atoms with E-state index < -0.39 is 0 Å². The Morgan fingerprint density at radius 2 is 1.83 bits per heavy atom. The third-order valence-corrected chi connectivity index (χ3v) is 4.04. The van der Waals surface area contributed by atoms with Crippen LogP contribution in [0.2, 0.25) is 0 Å². The van der Waals surface area contributed by atoms with Gasteiger partial charge in [-0.3, -0.25) is 4.98 Å². The standard InChI is InChI=1S/C16H19NO/c18-15-10-3-1-2-8-13(15)14-9-4-6-12-7-5-11-17-16(12)14/h4-7,9,11,13,15,18H,1-3,8,10H2. The first kappa shape index (κ1) is 11.7. The zero-order valence-electron chi connectivity index (χ0n) is 10.5. The number of hydrogen-bond acceptors (Lipinski definition) is 2. The highest BCUT2D eigenvalue weighted by molar-refractivity contribution is 5.82. The van der Waals surface area contributed by atoms with Crippen LogP contribution in [0.3, 0.4) is 0 Å². The summed E-state index contributed by atoms with van der Waals surface area (Å²) in [5, 5.41) is 11.5. The molecule has 2 unspecified atom stereocenters. The first-order valence-electron chi connectivity index (χ1n) is 6.88. The number of pyridine rings is 1. The van der Waals surface area contributed by atoms with E-state index in [1.165, 1.54) is 23.8 Å². The summed E-state index contributed by atoms with van der Waals surface area (Å²) in [5.41, 5.74) is 2.29. The summed E-state index contributed by atoms with van der Waals surface area (Å²) < 4.78 is 0. The largest absolute Gasteiger partial charge is 0.392 e. The second-order valence-corrected chi connectivity index (χ2v) is 5.23. The molecule has 1 fully saturated rings. The van der Waals surface area contributed by atoms with Crippen LogP contribution in [0.4, 0.5) is 0 Å². The highest BCUT2D eigenvalue weighted by Gasteiger charge is 2.24. The smallest absolute Gasteiger partial charge is 0.0737 e. The third-order valence-electron chi connectivity index (χ3n) is 4.04. The van der Waals surface area contributed by atoms with Crippen LogP contribution in [-0.2, 0) is 0 Å². The molecule has 18 heavy (non-hydrogen) atoms. The fraction of sp³-hybridized carbons (Fsp3) is 0.438. The van der Waals surface area contributed by atoms with Gasteiger partial charge < -0.3 is 5.11 Å². The molecule has 1 aliphatic rings. The van der Waals surface area contributed by atoms with Gasteiger partial charge in [-0.1, -0.05) is 43.5 Å². The van der Waals surface area contributed by atoms with Crippen LogP contribution in [0.25, 0.3) is 10.9 Å². The van der Waals surface area contributed by atoms with E-state index in [-0.39, 0.29) is 12.0 Å². The molecular formula is C16H19NO. The molecule has 1 aliphatic carbocycles. The summed E-state index contributed by atoms with van der Waals surface area (Å²) >= 11 is 0. The van der Waals surface area contributed by atoms with E-state index >= 15 is 0 Å². The fourth-order valence-corrected chi connectivity index (χ4v) is 3.08. The molecule has 0 amide bonds. The van der Waals surface area contributed by atoms with Crippen LogP contribution in [0.1, 0.15) is 43.6 Å². The van der Waals surface area contributed by atoms with Crippen LogP contribution < -0.4 is 0 Å². The van der Waals surface area contributed by atoms with E-state index in [0.717, 1.165) is 24.8 Å². The van der Waals surface area contributed by atoms with Crippen molar-refractivity contribution >= 4 is 10.9 Å². The van der Waals surface area contributed by atoms with Gasteiger partial charge >= 0.3 is 0 Å². The van der Waals surface area contributed by atoms with Crippen molar-refractivity contribution in [1.29, 1.82) is 0 Å². The first-order valence-corrected chi connectivity index (χ1v) is 6.88. The Morgan fingerprint density at radius 3 is 2.78 bits per heavy atom. The maximum absolute atomic E-state index is 10.3. The van der Waals surface area contributed by atoms with Crippen molar-refractivity contribution in [2.75, 3.05) is 0 Å². The van der Waals surface area contributed by atoms with E-state index in [0.29, 0.717) is 0 Å². The molecule has 1 aromatic carbocycles. The number of para-hydroxylation sites is 1. The van der Waals surface area contributed by atoms with Crippen molar-refractivity contribution in [3.8, 4) is 0 Å². The monoisotopic (exact) mass is 241 g/mol. The molecule has 0 bridgehead atoms. The van der Waals surface area contributed by atoms with Crippen LogP contribution >= 0.6 is 0 Å². The number of nitrogens with zero attached hydrogens (tertiary/aromatic N) is 1. The van der Waals surface area contributed by atoms with Gasteiger partial charge in [0.1, 0.15) is 0 Å². The maximum atomic E-state index is 10.3. The van der Waals surface area contributed by atoms with Crippen molar-refractivity contribution in [2.24, 2.45) is 0 Å². The van der Waals surface area contributed by atoms with Crippen molar-refractivity contribution in [1.82, 2.24) is 4.98 Å². The fourth-order valence-electron chi connectivity index (χ4n) is 3.08. The Labute approximate surface area is 108 Å². The Bertz CT molecular complexity index is 532. The molecule has 1 N–H and O–H groups in total. The van der Waals surface area contributed by atoms with Gasteiger partial charge in [0.25, 0.3) is 0 Å². The number of aromatic nitrogens is 1. The summed E-state index contributed by atoms with van der Waals surface area (Å²) in [7, 11) is 0. The van der Waals surface area contributed by atoms with Crippen molar-refractivity contribution in [2.45, 2.75) is 44.1 Å². The normalized spacial score (nSPS) is 24.9. The molecule has 1 aromatic heterocycles. The topological polar surface area (TPSA) is 33.1 Å². The van der Waals surface area contributed by atoms with E-state index in [1.54, 1.807) is 0 Å². The summed E-state index contributed by atoms with van der Waals surface area (Å²) in [6.07, 6.45) is 7.24. The van der Waals surface area contributed by atoms with Crippen LogP contribution in [-0.4, -0.2) is 16.2 Å². The van der Waals surface area contributed by atoms with Gasteiger partial charge in [0.2, 0.25) is 0 Å². The second kappa shape index (κ2) is 5.07. The van der Waals surface area contributed by atoms with Gasteiger partial charge in [-0.05, 0) is 24.5 Å². The number of fused-ring (bicyclic) bond motifs is 1. The molecule has 94 valence electrons. The molecule has 2 nitrogen and oxygen atoms in total. The Morgan fingerprint density at radius 1 is 1.00 bits per heavy atom.